The second-order valence-corrected chi connectivity index (χ2v) is 3.08. The van der Waals surface area contributed by atoms with Gasteiger partial charge in [-0.2, -0.15) is 0 Å². The Morgan fingerprint density at radius 2 is 1.69 bits per heavy atom. The smallest absolute Gasteiger partial charge is 0.258 e. The Hall–Kier alpha value is -2.29. The minimum Gasteiger partial charge on any atom is -0.258 e. The third-order valence-electron chi connectivity index (χ3n) is 1.83. The first-order valence-electron chi connectivity index (χ1n) is 3.76. The number of aromatic nitrogens is 2. The van der Waals surface area contributed by atoms with Crippen molar-refractivity contribution >= 4 is 34.0 Å². The van der Waals surface area contributed by atoms with Crippen molar-refractivity contribution in [3.05, 3.63) is 31.3 Å². The highest BCUT2D eigenvalue weighted by atomic mass is 35.5. The summed E-state index contributed by atoms with van der Waals surface area (Å²) in [6, 6.07) is 0.717. The van der Waals surface area contributed by atoms with Gasteiger partial charge in [-0.1, -0.05) is 11.6 Å². The first-order chi connectivity index (χ1) is 7.52. The molecule has 0 amide bonds. The highest BCUT2D eigenvalue weighted by Crippen LogP contribution is 2.36. The van der Waals surface area contributed by atoms with E-state index in [4.69, 9.17) is 11.6 Å². The van der Waals surface area contributed by atoms with Crippen LogP contribution in [0.25, 0.3) is 11.0 Å². The molecule has 0 N–H and O–H groups in total. The summed E-state index contributed by atoms with van der Waals surface area (Å²) in [5.41, 5.74) is -1.62. The monoisotopic (exact) mass is 244 g/mol. The fourth-order valence-electron chi connectivity index (χ4n) is 1.16. The van der Waals surface area contributed by atoms with Crippen LogP contribution in [0.15, 0.2) is 10.7 Å². The van der Waals surface area contributed by atoms with Gasteiger partial charge in [-0.15, -0.1) is 0 Å². The van der Waals surface area contributed by atoms with Crippen LogP contribution >= 0.6 is 11.6 Å². The molecule has 16 heavy (non-hydrogen) atoms. The molecule has 0 saturated heterocycles. The molecule has 1 heterocycles. The van der Waals surface area contributed by atoms with Gasteiger partial charge in [-0.05, 0) is 10.3 Å². The van der Waals surface area contributed by atoms with Crippen molar-refractivity contribution in [1.29, 1.82) is 0 Å². The number of non-ortho nitro benzene ring substituents is 1. The largest absolute Gasteiger partial charge is 0.307 e. The number of rotatable bonds is 2. The van der Waals surface area contributed by atoms with Crippen molar-refractivity contribution in [3.8, 4) is 0 Å². The number of nitro groups is 2. The molecule has 0 atom stereocenters. The van der Waals surface area contributed by atoms with Gasteiger partial charge >= 0.3 is 5.69 Å². The van der Waals surface area contributed by atoms with Crippen LogP contribution in [0.1, 0.15) is 0 Å². The number of nitrogens with zero attached hydrogens (tertiary/aromatic N) is 4. The Bertz CT molecular complexity index is 608. The topological polar surface area (TPSA) is 125 Å². The summed E-state index contributed by atoms with van der Waals surface area (Å²) < 4.78 is 4.26. The third kappa shape index (κ3) is 1.34. The van der Waals surface area contributed by atoms with Crippen LogP contribution < -0.4 is 0 Å². The molecule has 9 nitrogen and oxygen atoms in total. The zero-order valence-electron chi connectivity index (χ0n) is 7.29. The van der Waals surface area contributed by atoms with Crippen LogP contribution in [0.3, 0.4) is 0 Å². The summed E-state index contributed by atoms with van der Waals surface area (Å²) in [6.45, 7) is 0. The van der Waals surface area contributed by atoms with Crippen LogP contribution in [0, 0.1) is 20.2 Å². The first kappa shape index (κ1) is 10.2. The lowest BCUT2D eigenvalue weighted by atomic mass is 10.2. The van der Waals surface area contributed by atoms with Crippen molar-refractivity contribution in [2.75, 3.05) is 0 Å². The number of nitro benzene ring substituents is 2. The van der Waals surface area contributed by atoms with E-state index >= 15 is 0 Å². The fourth-order valence-corrected chi connectivity index (χ4v) is 1.40. The van der Waals surface area contributed by atoms with Gasteiger partial charge in [0.25, 0.3) is 5.69 Å². The van der Waals surface area contributed by atoms with Crippen LogP contribution in [-0.4, -0.2) is 20.2 Å². The van der Waals surface area contributed by atoms with Crippen molar-refractivity contribution in [2.24, 2.45) is 0 Å². The number of fused-ring (bicyclic) bond motifs is 1. The van der Waals surface area contributed by atoms with Gasteiger partial charge in [-0.25, -0.2) is 4.63 Å². The Morgan fingerprint density at radius 1 is 1.12 bits per heavy atom. The molecule has 0 aliphatic carbocycles. The molecular formula is C6HClN4O5. The number of hydrogen-bond donors (Lipinski definition) is 0. The normalized spacial score (nSPS) is 10.6. The van der Waals surface area contributed by atoms with Crippen LogP contribution in [-0.2, 0) is 0 Å². The number of hydrogen-bond acceptors (Lipinski definition) is 7. The van der Waals surface area contributed by atoms with Crippen molar-refractivity contribution in [1.82, 2.24) is 10.3 Å². The van der Waals surface area contributed by atoms with E-state index in [9.17, 15) is 20.2 Å². The molecule has 0 spiro atoms. The van der Waals surface area contributed by atoms with Crippen LogP contribution in [0.5, 0.6) is 0 Å². The zero-order chi connectivity index (χ0) is 11.9. The summed E-state index contributed by atoms with van der Waals surface area (Å²) in [5.74, 6) is 0. The molecule has 2 rings (SSSR count). The Labute approximate surface area is 90.9 Å². The summed E-state index contributed by atoms with van der Waals surface area (Å²) in [4.78, 5) is 19.5. The van der Waals surface area contributed by atoms with Gasteiger partial charge in [-0.3, -0.25) is 20.2 Å². The lowest BCUT2D eigenvalue weighted by molar-refractivity contribution is -0.393. The molecule has 1 aromatic heterocycles. The molecule has 0 aliphatic heterocycles. The molecule has 0 unspecified atom stereocenters. The highest BCUT2D eigenvalue weighted by molar-refractivity contribution is 6.37. The molecule has 0 aliphatic rings. The number of benzene rings is 1. The van der Waals surface area contributed by atoms with Gasteiger partial charge in [0.1, 0.15) is 0 Å². The Balaban J connectivity index is 2.90. The molecule has 10 heteroatoms. The van der Waals surface area contributed by atoms with Crippen LogP contribution in [0.2, 0.25) is 5.02 Å². The second kappa shape index (κ2) is 3.38. The maximum Gasteiger partial charge on any atom is 0.307 e. The Kier molecular flexibility index (Phi) is 2.16. The van der Waals surface area contributed by atoms with E-state index in [0.29, 0.717) is 0 Å². The molecule has 82 valence electrons. The van der Waals surface area contributed by atoms with E-state index in [1.807, 2.05) is 0 Å². The summed E-state index contributed by atoms with van der Waals surface area (Å²) in [7, 11) is 0. The first-order valence-corrected chi connectivity index (χ1v) is 4.13. The highest BCUT2D eigenvalue weighted by Gasteiger charge is 2.28. The quantitative estimate of drug-likeness (QED) is 0.581. The molecular weight excluding hydrogens is 244 g/mol. The molecule has 0 radical (unpaired) electrons. The molecule has 1 aromatic carbocycles. The maximum absolute atomic E-state index is 10.6. The van der Waals surface area contributed by atoms with E-state index in [0.717, 1.165) is 6.07 Å². The van der Waals surface area contributed by atoms with Crippen LogP contribution in [0.4, 0.5) is 11.4 Å². The molecule has 0 bridgehead atoms. The van der Waals surface area contributed by atoms with Crippen molar-refractivity contribution in [3.63, 3.8) is 0 Å². The Morgan fingerprint density at radius 3 is 2.25 bits per heavy atom. The molecule has 2 aromatic rings. The van der Waals surface area contributed by atoms with E-state index in [2.05, 4.69) is 14.9 Å². The average Bonchev–Trinajstić information content (AvgIpc) is 2.66. The summed E-state index contributed by atoms with van der Waals surface area (Å²) >= 11 is 5.63. The average molecular weight is 245 g/mol. The van der Waals surface area contributed by atoms with E-state index in [1.165, 1.54) is 0 Å². The van der Waals surface area contributed by atoms with Crippen molar-refractivity contribution in [2.45, 2.75) is 0 Å². The minimum absolute atomic E-state index is 0.206. The second-order valence-electron chi connectivity index (χ2n) is 2.70. The van der Waals surface area contributed by atoms with Gasteiger partial charge in [0.05, 0.1) is 15.9 Å². The van der Waals surface area contributed by atoms with Gasteiger partial charge in [0.15, 0.2) is 10.5 Å². The molecule has 0 fully saturated rings. The third-order valence-corrected chi connectivity index (χ3v) is 2.20. The standard InChI is InChI=1S/C6HClN4O5/c7-4-2(10(12)13)1-3(11(14)15)5-6(4)9-16-8-5/h1H. The fraction of sp³-hybridized carbons (Fsp3) is 0. The van der Waals surface area contributed by atoms with E-state index < -0.39 is 21.2 Å². The lowest BCUT2D eigenvalue weighted by Gasteiger charge is -1.95. The predicted molar refractivity (Wildman–Crippen MR) is 50.1 cm³/mol. The maximum atomic E-state index is 10.6. The van der Waals surface area contributed by atoms with E-state index in [1.54, 1.807) is 0 Å². The summed E-state index contributed by atoms with van der Waals surface area (Å²) in [6.07, 6.45) is 0. The SMILES string of the molecule is O=[N+]([O-])c1cc([N+](=O)[O-])c2nonc2c1Cl. The van der Waals surface area contributed by atoms with Gasteiger partial charge in [0.2, 0.25) is 5.52 Å². The predicted octanol–water partition coefficient (Wildman–Crippen LogP) is 1.69. The number of halogens is 1. The minimum atomic E-state index is -0.844. The van der Waals surface area contributed by atoms with Gasteiger partial charge < -0.3 is 0 Å². The van der Waals surface area contributed by atoms with Gasteiger partial charge in [0, 0.05) is 0 Å². The van der Waals surface area contributed by atoms with E-state index in [-0.39, 0.29) is 16.1 Å². The molecule has 0 saturated carbocycles. The zero-order valence-corrected chi connectivity index (χ0v) is 8.04. The summed E-state index contributed by atoms with van der Waals surface area (Å²) in [5, 5.41) is 27.4. The van der Waals surface area contributed by atoms with Crippen molar-refractivity contribution < 1.29 is 14.5 Å². The lowest BCUT2D eigenvalue weighted by Crippen LogP contribution is -1.95.